The number of carbonyl (C=O) groups excluding carboxylic acids is 2. The van der Waals surface area contributed by atoms with Gasteiger partial charge in [0.1, 0.15) is 17.8 Å². The third kappa shape index (κ3) is 77.3. The van der Waals surface area contributed by atoms with Crippen molar-refractivity contribution in [3.63, 3.8) is 0 Å². The molecule has 0 rings (SSSR count). The summed E-state index contributed by atoms with van der Waals surface area (Å²) in [5.74, 6) is -0.806. The lowest BCUT2D eigenvalue weighted by atomic mass is 9.99. The smallest absolute Gasteiger partial charge is 0.460 e. The van der Waals surface area contributed by atoms with Crippen LogP contribution in [0.3, 0.4) is 0 Å². The van der Waals surface area contributed by atoms with Crippen LogP contribution in [0.25, 0.3) is 0 Å². The van der Waals surface area contributed by atoms with Gasteiger partial charge in [0.2, 0.25) is 0 Å². The Bertz CT molecular complexity index is 812. The third-order valence-corrected chi connectivity index (χ3v) is 3.92. The van der Waals surface area contributed by atoms with E-state index >= 15 is 0 Å². The molecular formula is C26H60O14P2. The van der Waals surface area contributed by atoms with Crippen molar-refractivity contribution >= 4 is 27.6 Å². The summed E-state index contributed by atoms with van der Waals surface area (Å²) in [5.41, 5.74) is -1.76. The first kappa shape index (κ1) is 50.7. The van der Waals surface area contributed by atoms with Crippen molar-refractivity contribution in [3.8, 4) is 0 Å². The molecule has 0 radical (unpaired) electrons. The van der Waals surface area contributed by atoms with Crippen LogP contribution in [0, 0.1) is 5.41 Å². The number of hydrogen-bond donors (Lipinski definition) is 5. The van der Waals surface area contributed by atoms with Gasteiger partial charge in [-0.25, -0.2) is 13.9 Å². The Kier molecular flexibility index (Phi) is 25.3. The normalized spacial score (nSPS) is 12.4. The van der Waals surface area contributed by atoms with Gasteiger partial charge < -0.3 is 38.9 Å². The molecule has 258 valence electrons. The van der Waals surface area contributed by atoms with Gasteiger partial charge in [-0.3, -0.25) is 13.8 Å². The predicted molar refractivity (Wildman–Crippen MR) is 162 cm³/mol. The van der Waals surface area contributed by atoms with Gasteiger partial charge in [-0.15, -0.1) is 0 Å². The summed E-state index contributed by atoms with van der Waals surface area (Å²) in [6, 6.07) is 0. The largest absolute Gasteiger partial charge is 0.470 e. The van der Waals surface area contributed by atoms with Crippen LogP contribution in [0.15, 0.2) is 0 Å². The second-order valence-electron chi connectivity index (χ2n) is 13.8. The summed E-state index contributed by atoms with van der Waals surface area (Å²) >= 11 is 0. The monoisotopic (exact) mass is 658 g/mol. The zero-order chi connectivity index (χ0) is 35.6. The third-order valence-electron chi connectivity index (χ3n) is 2.67. The van der Waals surface area contributed by atoms with E-state index in [2.05, 4.69) is 9.05 Å². The maximum absolute atomic E-state index is 10.4. The van der Waals surface area contributed by atoms with Crippen LogP contribution in [0.2, 0.25) is 0 Å². The molecule has 42 heavy (non-hydrogen) atoms. The number of phosphoric ester groups is 2. The topological polar surface area (TPSA) is 216 Å². The fourth-order valence-electron chi connectivity index (χ4n) is 1.44. The Labute approximate surface area is 253 Å². The summed E-state index contributed by atoms with van der Waals surface area (Å²) in [6.45, 7) is 28.0. The number of aliphatic hydroxyl groups excluding tert-OH is 1. The summed E-state index contributed by atoms with van der Waals surface area (Å²) in [6.07, 6.45) is 0. The van der Waals surface area contributed by atoms with Crippen molar-refractivity contribution in [2.24, 2.45) is 5.41 Å². The first-order valence-electron chi connectivity index (χ1n) is 12.9. The summed E-state index contributed by atoms with van der Waals surface area (Å²) in [5, 5.41) is 8.22. The number of methoxy groups -OCH3 is 1. The molecule has 0 aromatic heterocycles. The molecule has 5 N–H and O–H groups in total. The van der Waals surface area contributed by atoms with E-state index in [0.717, 1.165) is 0 Å². The Morgan fingerprint density at radius 1 is 0.619 bits per heavy atom. The lowest BCUT2D eigenvalue weighted by Crippen LogP contribution is -2.25. The molecule has 0 bridgehead atoms. The number of ether oxygens (including phenoxy) is 3. The van der Waals surface area contributed by atoms with Gasteiger partial charge in [0, 0.05) is 14.0 Å². The average Bonchev–Trinajstić information content (AvgIpc) is 2.60. The minimum absolute atomic E-state index is 0.0417. The highest BCUT2D eigenvalue weighted by Gasteiger charge is 2.24. The van der Waals surface area contributed by atoms with Crippen LogP contribution in [0.4, 0.5) is 0 Å². The SMILES string of the molecule is CC(=O)OC(C)(C)C.CC(C)(C)COP(=O)(O)O.CC(C)(C)OC(=O)CO.CC(C)(C)OP(=O)(O)O.COC(C)(C)C. The van der Waals surface area contributed by atoms with Crippen LogP contribution < -0.4 is 0 Å². The lowest BCUT2D eigenvalue weighted by molar-refractivity contribution is -0.158. The van der Waals surface area contributed by atoms with Crippen LogP contribution in [0.5, 0.6) is 0 Å². The van der Waals surface area contributed by atoms with Crippen molar-refractivity contribution in [2.45, 2.75) is 133 Å². The highest BCUT2D eigenvalue weighted by Crippen LogP contribution is 2.40. The Balaban J connectivity index is -0.000000137. The number of aliphatic hydroxyl groups is 1. The van der Waals surface area contributed by atoms with Gasteiger partial charge in [-0.2, -0.15) is 0 Å². The first-order chi connectivity index (χ1) is 17.8. The predicted octanol–water partition coefficient (Wildman–Crippen LogP) is 5.14. The minimum atomic E-state index is -4.29. The molecule has 0 atom stereocenters. The van der Waals surface area contributed by atoms with E-state index in [4.69, 9.17) is 38.9 Å². The molecule has 14 nitrogen and oxygen atoms in total. The highest BCUT2D eigenvalue weighted by atomic mass is 31.2. The molecule has 16 heteroatoms. The van der Waals surface area contributed by atoms with Gasteiger partial charge in [0.05, 0.1) is 17.8 Å². The molecule has 0 aliphatic rings. The molecule has 0 aromatic carbocycles. The van der Waals surface area contributed by atoms with Crippen molar-refractivity contribution in [1.29, 1.82) is 0 Å². The van der Waals surface area contributed by atoms with E-state index in [-0.39, 0.29) is 29.2 Å². The van der Waals surface area contributed by atoms with Gasteiger partial charge in [0.15, 0.2) is 0 Å². The van der Waals surface area contributed by atoms with E-state index in [1.165, 1.54) is 6.92 Å². The van der Waals surface area contributed by atoms with Gasteiger partial charge in [0.25, 0.3) is 0 Å². The summed E-state index contributed by atoms with van der Waals surface area (Å²) in [4.78, 5) is 53.6. The molecule has 0 saturated carbocycles. The van der Waals surface area contributed by atoms with Crippen LogP contribution >= 0.6 is 15.6 Å². The van der Waals surface area contributed by atoms with E-state index < -0.39 is 39.4 Å². The molecule has 0 unspecified atom stereocenters. The van der Waals surface area contributed by atoms with Gasteiger partial charge in [-0.05, 0) is 88.5 Å². The Morgan fingerprint density at radius 2 is 0.952 bits per heavy atom. The van der Waals surface area contributed by atoms with Gasteiger partial charge in [-0.1, -0.05) is 20.8 Å². The maximum Gasteiger partial charge on any atom is 0.470 e. The Morgan fingerprint density at radius 3 is 1.00 bits per heavy atom. The number of rotatable bonds is 4. The second kappa shape index (κ2) is 20.9. The van der Waals surface area contributed by atoms with Crippen molar-refractivity contribution in [3.05, 3.63) is 0 Å². The molecule has 0 saturated heterocycles. The standard InChI is InChI=1S/C6H12O3.C6H12O2.C5H13O4P.C5H12O.C4H11O4P/c1-6(2,3)9-5(8)4-7;1-5(7)8-6(2,3)4;1-5(2,3)4-9-10(6,7)8;1-5(2,3)6-4;1-4(2,3)8-9(5,6)7/h7H,4H2,1-3H3;1-4H3;4H2,1-3H3,(H2,6,7,8);1-4H3;1-3H3,(H2,5,6,7). The molecule has 0 heterocycles. The molecule has 0 spiro atoms. The Hall–Kier alpha value is -0.920. The second-order valence-corrected chi connectivity index (χ2v) is 16.2. The van der Waals surface area contributed by atoms with Crippen LogP contribution in [-0.4, -0.2) is 79.3 Å². The van der Waals surface area contributed by atoms with Crippen LogP contribution in [0.1, 0.15) is 111 Å². The average molecular weight is 659 g/mol. The molecule has 0 amide bonds. The van der Waals surface area contributed by atoms with Crippen molar-refractivity contribution in [2.75, 3.05) is 20.3 Å². The summed E-state index contributed by atoms with van der Waals surface area (Å²) in [7, 11) is -6.84. The van der Waals surface area contributed by atoms with Crippen molar-refractivity contribution < 1.29 is 66.7 Å². The molecule has 0 fully saturated rings. The van der Waals surface area contributed by atoms with E-state index in [1.807, 2.05) is 62.3 Å². The van der Waals surface area contributed by atoms with Crippen LogP contribution in [-0.2, 0) is 42.0 Å². The zero-order valence-electron chi connectivity index (χ0n) is 28.7. The highest BCUT2D eigenvalue weighted by molar-refractivity contribution is 7.46. The molecular weight excluding hydrogens is 598 g/mol. The number of esters is 2. The number of phosphoric acid groups is 2. The van der Waals surface area contributed by atoms with E-state index in [1.54, 1.807) is 48.7 Å². The maximum atomic E-state index is 10.4. The number of hydrogen-bond acceptors (Lipinski definition) is 10. The number of carbonyl (C=O) groups is 2. The fraction of sp³-hybridized carbons (Fsp3) is 0.923. The first-order valence-corrected chi connectivity index (χ1v) is 15.9. The quantitative estimate of drug-likeness (QED) is 0.195. The molecule has 0 aromatic rings. The lowest BCUT2D eigenvalue weighted by Gasteiger charge is -2.18. The molecule has 0 aliphatic heterocycles. The zero-order valence-corrected chi connectivity index (χ0v) is 30.5. The fourth-order valence-corrected chi connectivity index (χ4v) is 2.71. The van der Waals surface area contributed by atoms with E-state index in [0.29, 0.717) is 0 Å². The minimum Gasteiger partial charge on any atom is -0.460 e. The van der Waals surface area contributed by atoms with E-state index in [9.17, 15) is 18.7 Å². The molecule has 0 aliphatic carbocycles. The van der Waals surface area contributed by atoms with Gasteiger partial charge >= 0.3 is 27.6 Å². The summed E-state index contributed by atoms with van der Waals surface area (Å²) < 4.78 is 43.3. The van der Waals surface area contributed by atoms with Crippen molar-refractivity contribution in [1.82, 2.24) is 0 Å².